The van der Waals surface area contributed by atoms with E-state index in [0.29, 0.717) is 5.95 Å². The molecule has 14 aromatic rings. The summed E-state index contributed by atoms with van der Waals surface area (Å²) in [5.41, 5.74) is 20.7. The molecule has 74 heavy (non-hydrogen) atoms. The summed E-state index contributed by atoms with van der Waals surface area (Å²) in [5.74, 6) is 0.601. The van der Waals surface area contributed by atoms with Crippen molar-refractivity contribution in [2.45, 2.75) is 19.3 Å². The quantitative estimate of drug-likeness (QED) is 0.160. The average molecular weight is 947 g/mol. The van der Waals surface area contributed by atoms with Crippen molar-refractivity contribution in [1.29, 1.82) is 0 Å². The van der Waals surface area contributed by atoms with Gasteiger partial charge >= 0.3 is 0 Å². The summed E-state index contributed by atoms with van der Waals surface area (Å²) in [7, 11) is 0. The first-order valence-electron chi connectivity index (χ1n) is 25.4. The normalized spacial score (nSPS) is 12.8. The Hall–Kier alpha value is -9.65. The Morgan fingerprint density at radius 2 is 0.986 bits per heavy atom. The smallest absolute Gasteiger partial charge is 0.236 e. The zero-order valence-corrected chi connectivity index (χ0v) is 40.8. The van der Waals surface area contributed by atoms with Crippen molar-refractivity contribution in [3.63, 3.8) is 0 Å². The second kappa shape index (κ2) is 16.2. The van der Waals surface area contributed by atoms with Gasteiger partial charge in [-0.1, -0.05) is 196 Å². The number of hydrogen-bond donors (Lipinski definition) is 0. The van der Waals surface area contributed by atoms with Crippen molar-refractivity contribution in [2.75, 3.05) is 4.90 Å². The second-order valence-corrected chi connectivity index (χ2v) is 20.0. The molecule has 15 rings (SSSR count). The van der Waals surface area contributed by atoms with Crippen LogP contribution in [0.1, 0.15) is 25.0 Å². The molecule has 0 fully saturated rings. The maximum absolute atomic E-state index is 5.50. The molecule has 0 saturated carbocycles. The number of para-hydroxylation sites is 3. The maximum atomic E-state index is 5.50. The van der Waals surface area contributed by atoms with Gasteiger partial charge in [0.25, 0.3) is 0 Å². The van der Waals surface area contributed by atoms with Gasteiger partial charge in [-0.05, 0) is 105 Å². The highest BCUT2D eigenvalue weighted by atomic mass is 15.2. The van der Waals surface area contributed by atoms with Crippen LogP contribution >= 0.6 is 0 Å². The number of nitrogens with zero attached hydrogens (tertiary/aromatic N) is 6. The minimum Gasteiger partial charge on any atom is -0.310 e. The standard InChI is InChI=1S/C68H46N6/c1-68(2)55-26-13-11-24-52(55)63-56(68)27-17-31-61(63)72(48-37-32-44(33-38-48)43-18-5-3-6-19-43)49-39-34-45(35-40-49)47-36-41-59-54(42-47)62-50-22-9-10-23-51(50)65-69-58-29-15-16-30-60(58)73(65)66(62)74(59)67-70-57-28-14-12-25-53(57)64(71-67)46-20-7-4-8-21-46/h3-42H,1-2H3. The van der Waals surface area contributed by atoms with Gasteiger partial charge < -0.3 is 4.90 Å². The van der Waals surface area contributed by atoms with Gasteiger partial charge in [-0.15, -0.1) is 0 Å². The molecule has 348 valence electrons. The summed E-state index contributed by atoms with van der Waals surface area (Å²) in [4.78, 5) is 18.6. The SMILES string of the molecule is CC1(C)c2ccccc2-c2c(N(c3ccc(-c4ccccc4)cc3)c3ccc(-c4ccc5c(c4)c4c6ccccc6c6nc7ccccc7n6c4n5-c4nc(-c5ccccc5)c5ccccc5n4)cc3)cccc21. The molecule has 0 spiro atoms. The molecule has 0 amide bonds. The molecule has 0 radical (unpaired) electrons. The molecule has 1 aliphatic rings. The molecular formula is C68H46N6. The van der Waals surface area contributed by atoms with Gasteiger partial charge in [0.1, 0.15) is 11.3 Å². The van der Waals surface area contributed by atoms with Crippen LogP contribution in [0.5, 0.6) is 0 Å². The molecule has 0 bridgehead atoms. The van der Waals surface area contributed by atoms with E-state index in [4.69, 9.17) is 15.0 Å². The van der Waals surface area contributed by atoms with Gasteiger partial charge in [0.15, 0.2) is 0 Å². The van der Waals surface area contributed by atoms with E-state index in [1.165, 1.54) is 33.4 Å². The topological polar surface area (TPSA) is 51.2 Å². The second-order valence-electron chi connectivity index (χ2n) is 20.0. The highest BCUT2D eigenvalue weighted by Gasteiger charge is 2.38. The lowest BCUT2D eigenvalue weighted by atomic mass is 9.82. The maximum Gasteiger partial charge on any atom is 0.236 e. The summed E-state index contributed by atoms with van der Waals surface area (Å²) in [6.07, 6.45) is 0. The number of hydrogen-bond acceptors (Lipinski definition) is 4. The van der Waals surface area contributed by atoms with E-state index in [1.807, 2.05) is 6.07 Å². The van der Waals surface area contributed by atoms with Crippen molar-refractivity contribution in [1.82, 2.24) is 23.9 Å². The number of benzene rings is 10. The summed E-state index contributed by atoms with van der Waals surface area (Å²) in [6.45, 7) is 4.70. The van der Waals surface area contributed by atoms with Gasteiger partial charge in [0.05, 0.1) is 33.4 Å². The van der Waals surface area contributed by atoms with Crippen molar-refractivity contribution < 1.29 is 0 Å². The predicted octanol–water partition coefficient (Wildman–Crippen LogP) is 17.5. The lowest BCUT2D eigenvalue weighted by Gasteiger charge is -2.29. The fourth-order valence-corrected chi connectivity index (χ4v) is 12.0. The van der Waals surface area contributed by atoms with Crippen LogP contribution < -0.4 is 4.90 Å². The van der Waals surface area contributed by atoms with Crippen molar-refractivity contribution in [2.24, 2.45) is 0 Å². The first-order chi connectivity index (χ1) is 36.5. The third-order valence-corrected chi connectivity index (χ3v) is 15.5. The average Bonchev–Trinajstić information content (AvgIpc) is 4.10. The molecule has 6 heteroatoms. The van der Waals surface area contributed by atoms with E-state index in [-0.39, 0.29) is 5.41 Å². The molecule has 4 aromatic heterocycles. The zero-order chi connectivity index (χ0) is 49.1. The Morgan fingerprint density at radius 1 is 0.405 bits per heavy atom. The molecule has 10 aromatic carbocycles. The van der Waals surface area contributed by atoms with Crippen LogP contribution in [0.2, 0.25) is 0 Å². The van der Waals surface area contributed by atoms with Gasteiger partial charge in [-0.25, -0.2) is 15.0 Å². The summed E-state index contributed by atoms with van der Waals surface area (Å²) in [5, 5.41) is 5.45. The number of pyridine rings is 1. The zero-order valence-electron chi connectivity index (χ0n) is 40.8. The lowest BCUT2D eigenvalue weighted by Crippen LogP contribution is -2.16. The minimum atomic E-state index is -0.136. The summed E-state index contributed by atoms with van der Waals surface area (Å²) < 4.78 is 4.59. The first kappa shape index (κ1) is 42.1. The molecule has 1 aliphatic carbocycles. The lowest BCUT2D eigenvalue weighted by molar-refractivity contribution is 0.660. The number of anilines is 3. The fourth-order valence-electron chi connectivity index (χ4n) is 12.0. The molecule has 6 nitrogen and oxygen atoms in total. The monoisotopic (exact) mass is 946 g/mol. The number of rotatable bonds is 7. The number of fused-ring (bicyclic) bond motifs is 14. The largest absolute Gasteiger partial charge is 0.310 e. The van der Waals surface area contributed by atoms with E-state index in [0.717, 1.165) is 99.7 Å². The minimum absolute atomic E-state index is 0.136. The Morgan fingerprint density at radius 3 is 1.74 bits per heavy atom. The third kappa shape index (κ3) is 6.28. The molecule has 0 atom stereocenters. The highest BCUT2D eigenvalue weighted by molar-refractivity contribution is 6.24. The van der Waals surface area contributed by atoms with Crippen LogP contribution in [0.3, 0.4) is 0 Å². The van der Waals surface area contributed by atoms with E-state index in [1.54, 1.807) is 0 Å². The van der Waals surface area contributed by atoms with Crippen molar-refractivity contribution in [3.8, 4) is 50.6 Å². The highest BCUT2D eigenvalue weighted by Crippen LogP contribution is 2.54. The predicted molar refractivity (Wildman–Crippen MR) is 306 cm³/mol. The Balaban J connectivity index is 0.943. The van der Waals surface area contributed by atoms with E-state index in [2.05, 4.69) is 264 Å². The van der Waals surface area contributed by atoms with E-state index < -0.39 is 0 Å². The molecular weight excluding hydrogens is 901 g/mol. The van der Waals surface area contributed by atoms with Gasteiger partial charge in [0, 0.05) is 49.5 Å². The Kier molecular flexibility index (Phi) is 9.20. The van der Waals surface area contributed by atoms with Crippen LogP contribution in [0, 0.1) is 0 Å². The molecule has 0 unspecified atom stereocenters. The van der Waals surface area contributed by atoms with Crippen LogP contribution in [0.25, 0.3) is 111 Å². The van der Waals surface area contributed by atoms with Crippen molar-refractivity contribution in [3.05, 3.63) is 254 Å². The van der Waals surface area contributed by atoms with Gasteiger partial charge in [-0.2, -0.15) is 0 Å². The molecule has 0 saturated heterocycles. The van der Waals surface area contributed by atoms with Crippen LogP contribution in [0.4, 0.5) is 17.1 Å². The number of imidazole rings is 1. The Bertz CT molecular complexity index is 4550. The molecule has 0 N–H and O–H groups in total. The van der Waals surface area contributed by atoms with E-state index >= 15 is 0 Å². The summed E-state index contributed by atoms with van der Waals surface area (Å²) >= 11 is 0. The van der Waals surface area contributed by atoms with Crippen LogP contribution in [-0.4, -0.2) is 23.9 Å². The first-order valence-corrected chi connectivity index (χ1v) is 25.4. The van der Waals surface area contributed by atoms with Crippen molar-refractivity contribution >= 4 is 77.4 Å². The summed E-state index contributed by atoms with van der Waals surface area (Å²) in [6, 6.07) is 87.2. The third-order valence-electron chi connectivity index (χ3n) is 15.5. The fraction of sp³-hybridized carbons (Fsp3) is 0.0441. The van der Waals surface area contributed by atoms with Crippen LogP contribution in [-0.2, 0) is 5.41 Å². The molecule has 4 heterocycles. The Labute approximate surface area is 427 Å². The van der Waals surface area contributed by atoms with E-state index in [9.17, 15) is 0 Å². The van der Waals surface area contributed by atoms with Gasteiger partial charge in [0.2, 0.25) is 5.95 Å². The number of aromatic nitrogens is 5. The molecule has 0 aliphatic heterocycles. The van der Waals surface area contributed by atoms with Crippen LogP contribution in [0.15, 0.2) is 243 Å². The van der Waals surface area contributed by atoms with Gasteiger partial charge in [-0.3, -0.25) is 8.97 Å².